The summed E-state index contributed by atoms with van der Waals surface area (Å²) in [4.78, 5) is 20.1. The Hall–Kier alpha value is -2.83. The van der Waals surface area contributed by atoms with Crippen molar-refractivity contribution in [1.29, 1.82) is 0 Å². The van der Waals surface area contributed by atoms with Crippen molar-refractivity contribution in [3.05, 3.63) is 98.9 Å². The van der Waals surface area contributed by atoms with Crippen molar-refractivity contribution >= 4 is 44.8 Å². The van der Waals surface area contributed by atoms with Crippen LogP contribution in [0.5, 0.6) is 0 Å². The van der Waals surface area contributed by atoms with Gasteiger partial charge in [0.25, 0.3) is 5.91 Å². The van der Waals surface area contributed by atoms with Crippen molar-refractivity contribution in [3.8, 4) is 0 Å². The molecular weight excluding hydrogens is 524 g/mol. The molecule has 3 heterocycles. The number of halogens is 2. The van der Waals surface area contributed by atoms with E-state index in [1.807, 2.05) is 41.8 Å². The molecule has 0 atom stereocenters. The van der Waals surface area contributed by atoms with Gasteiger partial charge in [0.2, 0.25) is 0 Å². The minimum atomic E-state index is -0.106. The highest BCUT2D eigenvalue weighted by molar-refractivity contribution is 9.10. The molecule has 7 heteroatoms. The van der Waals surface area contributed by atoms with E-state index in [0.29, 0.717) is 24.6 Å². The lowest BCUT2D eigenvalue weighted by Crippen LogP contribution is -2.32. The number of anilines is 1. The van der Waals surface area contributed by atoms with E-state index in [2.05, 4.69) is 67.5 Å². The maximum absolute atomic E-state index is 13.0. The molecule has 1 aliphatic heterocycles. The first kappa shape index (κ1) is 23.9. The summed E-state index contributed by atoms with van der Waals surface area (Å²) in [5, 5.41) is 3.87. The van der Waals surface area contributed by atoms with Crippen molar-refractivity contribution in [3.63, 3.8) is 0 Å². The highest BCUT2D eigenvalue weighted by Gasteiger charge is 2.21. The molecule has 0 bridgehead atoms. The van der Waals surface area contributed by atoms with E-state index < -0.39 is 0 Å². The second-order valence-corrected chi connectivity index (χ2v) is 10.3. The second-order valence-electron chi connectivity index (χ2n) is 9.00. The number of fused-ring (bicyclic) bond motifs is 1. The number of benzene rings is 2. The number of rotatable bonds is 6. The summed E-state index contributed by atoms with van der Waals surface area (Å²) < 4.78 is 2.80. The van der Waals surface area contributed by atoms with E-state index >= 15 is 0 Å². The minimum absolute atomic E-state index is 0.106. The van der Waals surface area contributed by atoms with Crippen LogP contribution in [0.3, 0.4) is 0 Å². The fourth-order valence-corrected chi connectivity index (χ4v) is 5.30. The van der Waals surface area contributed by atoms with E-state index in [9.17, 15) is 4.79 Å². The number of pyridine rings is 1. The Labute approximate surface area is 219 Å². The lowest BCUT2D eigenvalue weighted by atomic mass is 9.89. The SMILES string of the molecule is CCc1nc2cc(Br)ccn2c1C(=O)NCc1ccc(N2CCC(c3ccc(Cl)cc3)CC2)cc1. The Morgan fingerprint density at radius 2 is 1.80 bits per heavy atom. The predicted octanol–water partition coefficient (Wildman–Crippen LogP) is 6.63. The summed E-state index contributed by atoms with van der Waals surface area (Å²) in [6.45, 7) is 4.57. The minimum Gasteiger partial charge on any atom is -0.371 e. The van der Waals surface area contributed by atoms with Gasteiger partial charge in [0.05, 0.1) is 5.69 Å². The Bertz CT molecular complexity index is 1330. The summed E-state index contributed by atoms with van der Waals surface area (Å²) in [7, 11) is 0. The number of carbonyl (C=O) groups excluding carboxylic acids is 1. The first-order valence-corrected chi connectivity index (χ1v) is 13.2. The first-order chi connectivity index (χ1) is 17.0. The monoisotopic (exact) mass is 550 g/mol. The number of aromatic nitrogens is 2. The van der Waals surface area contributed by atoms with Gasteiger partial charge in [-0.1, -0.05) is 58.7 Å². The first-order valence-electron chi connectivity index (χ1n) is 12.1. The van der Waals surface area contributed by atoms with Crippen LogP contribution in [0.15, 0.2) is 71.3 Å². The van der Waals surface area contributed by atoms with Crippen LogP contribution in [0.1, 0.15) is 53.0 Å². The van der Waals surface area contributed by atoms with E-state index in [4.69, 9.17) is 11.6 Å². The third-order valence-corrected chi connectivity index (χ3v) is 7.55. The zero-order chi connectivity index (χ0) is 24.4. The highest BCUT2D eigenvalue weighted by atomic mass is 79.9. The van der Waals surface area contributed by atoms with Crippen LogP contribution in [0, 0.1) is 0 Å². The van der Waals surface area contributed by atoms with Crippen LogP contribution in [-0.2, 0) is 13.0 Å². The number of hydrogen-bond acceptors (Lipinski definition) is 3. The Kier molecular flexibility index (Phi) is 7.12. The molecule has 0 radical (unpaired) electrons. The van der Waals surface area contributed by atoms with Gasteiger partial charge in [0.1, 0.15) is 11.3 Å². The third-order valence-electron chi connectivity index (χ3n) is 6.80. The second kappa shape index (κ2) is 10.4. The zero-order valence-corrected chi connectivity index (χ0v) is 22.0. The van der Waals surface area contributed by atoms with E-state index in [-0.39, 0.29) is 5.91 Å². The van der Waals surface area contributed by atoms with Crippen molar-refractivity contribution in [2.75, 3.05) is 18.0 Å². The standard InChI is InChI=1S/C28H28BrClN4O/c1-2-25-27(34-16-13-22(29)17-26(34)32-25)28(35)31-18-19-3-9-24(10-4-19)33-14-11-21(12-15-33)20-5-7-23(30)8-6-20/h3-10,13,16-17,21H,2,11-12,14-15,18H2,1H3,(H,31,35). The molecule has 4 aromatic rings. The largest absolute Gasteiger partial charge is 0.371 e. The number of nitrogens with zero attached hydrogens (tertiary/aromatic N) is 3. The Morgan fingerprint density at radius 1 is 1.09 bits per heavy atom. The lowest BCUT2D eigenvalue weighted by molar-refractivity contribution is 0.0944. The average molecular weight is 552 g/mol. The fourth-order valence-electron chi connectivity index (χ4n) is 4.85. The van der Waals surface area contributed by atoms with Gasteiger partial charge in [0.15, 0.2) is 0 Å². The van der Waals surface area contributed by atoms with Gasteiger partial charge >= 0.3 is 0 Å². The quantitative estimate of drug-likeness (QED) is 0.293. The maximum atomic E-state index is 13.0. The predicted molar refractivity (Wildman–Crippen MR) is 146 cm³/mol. The van der Waals surface area contributed by atoms with Crippen molar-refractivity contribution in [2.45, 2.75) is 38.6 Å². The molecule has 2 aromatic heterocycles. The molecule has 1 saturated heterocycles. The van der Waals surface area contributed by atoms with Crippen molar-refractivity contribution in [2.24, 2.45) is 0 Å². The van der Waals surface area contributed by atoms with E-state index in [1.165, 1.54) is 11.3 Å². The van der Waals surface area contributed by atoms with Gasteiger partial charge in [0, 0.05) is 41.0 Å². The maximum Gasteiger partial charge on any atom is 0.270 e. The lowest BCUT2D eigenvalue weighted by Gasteiger charge is -2.34. The number of nitrogens with one attached hydrogen (secondary N) is 1. The molecule has 0 aliphatic carbocycles. The molecule has 1 N–H and O–H groups in total. The van der Waals surface area contributed by atoms with Crippen LogP contribution < -0.4 is 10.2 Å². The molecule has 1 fully saturated rings. The average Bonchev–Trinajstić information content (AvgIpc) is 3.26. The third kappa shape index (κ3) is 5.24. The van der Waals surface area contributed by atoms with Gasteiger partial charge in [-0.25, -0.2) is 4.98 Å². The van der Waals surface area contributed by atoms with E-state index in [1.54, 1.807) is 0 Å². The van der Waals surface area contributed by atoms with Gasteiger partial charge in [-0.05, 0) is 72.7 Å². The number of piperidine rings is 1. The highest BCUT2D eigenvalue weighted by Crippen LogP contribution is 2.31. The number of amides is 1. The van der Waals surface area contributed by atoms with Gasteiger partial charge in [-0.15, -0.1) is 0 Å². The molecular formula is C28H28BrClN4O. The molecule has 1 aliphatic rings. The smallest absolute Gasteiger partial charge is 0.270 e. The summed E-state index contributed by atoms with van der Waals surface area (Å²) in [5.74, 6) is 0.483. The number of carbonyl (C=O) groups is 1. The van der Waals surface area contributed by atoms with Crippen LogP contribution in [0.25, 0.3) is 5.65 Å². The van der Waals surface area contributed by atoms with Crippen LogP contribution in [0.4, 0.5) is 5.69 Å². The number of imidazole rings is 1. The van der Waals surface area contributed by atoms with Gasteiger partial charge < -0.3 is 10.2 Å². The fraction of sp³-hybridized carbons (Fsp3) is 0.286. The van der Waals surface area contributed by atoms with Crippen LogP contribution in [0.2, 0.25) is 5.02 Å². The van der Waals surface area contributed by atoms with Gasteiger partial charge in [-0.2, -0.15) is 0 Å². The summed E-state index contributed by atoms with van der Waals surface area (Å²) in [5.41, 5.74) is 5.87. The molecule has 5 nitrogen and oxygen atoms in total. The van der Waals surface area contributed by atoms with E-state index in [0.717, 1.165) is 52.3 Å². The molecule has 35 heavy (non-hydrogen) atoms. The molecule has 5 rings (SSSR count). The summed E-state index contributed by atoms with van der Waals surface area (Å²) in [6, 6.07) is 20.6. The normalized spacial score (nSPS) is 14.4. The molecule has 0 unspecified atom stereocenters. The Balaban J connectivity index is 1.19. The molecule has 180 valence electrons. The molecule has 2 aromatic carbocycles. The number of aryl methyl sites for hydroxylation is 1. The summed E-state index contributed by atoms with van der Waals surface area (Å²) in [6.07, 6.45) is 4.85. The topological polar surface area (TPSA) is 49.6 Å². The van der Waals surface area contributed by atoms with Crippen LogP contribution >= 0.6 is 27.5 Å². The van der Waals surface area contributed by atoms with Gasteiger partial charge in [-0.3, -0.25) is 9.20 Å². The van der Waals surface area contributed by atoms with Crippen molar-refractivity contribution < 1.29 is 4.79 Å². The van der Waals surface area contributed by atoms with Crippen molar-refractivity contribution in [1.82, 2.24) is 14.7 Å². The molecule has 1 amide bonds. The molecule has 0 spiro atoms. The summed E-state index contributed by atoms with van der Waals surface area (Å²) >= 11 is 9.51. The zero-order valence-electron chi connectivity index (χ0n) is 19.7. The van der Waals surface area contributed by atoms with Crippen LogP contribution in [-0.4, -0.2) is 28.4 Å². The molecule has 0 saturated carbocycles. The Morgan fingerprint density at radius 3 is 2.49 bits per heavy atom. The number of hydrogen-bond donors (Lipinski definition) is 1.